The molecular formula is C48H95NO7. The van der Waals surface area contributed by atoms with E-state index in [2.05, 4.69) is 19.2 Å². The second-order valence-electron chi connectivity index (χ2n) is 16.7. The minimum atomic E-state index is -0.431. The highest BCUT2D eigenvalue weighted by Gasteiger charge is 2.39. The molecule has 0 saturated carbocycles. The Morgan fingerprint density at radius 3 is 1.34 bits per heavy atom. The fraction of sp³-hybridized carbons (Fsp3) is 0.979. The number of ether oxygens (including phenoxy) is 6. The van der Waals surface area contributed by atoms with Crippen molar-refractivity contribution in [3.05, 3.63) is 0 Å². The van der Waals surface area contributed by atoms with Crippen molar-refractivity contribution in [2.24, 2.45) is 0 Å². The summed E-state index contributed by atoms with van der Waals surface area (Å²) >= 11 is 0. The molecule has 334 valence electrons. The van der Waals surface area contributed by atoms with Crippen LogP contribution in [0.15, 0.2) is 0 Å². The van der Waals surface area contributed by atoms with Crippen LogP contribution in [0, 0.1) is 0 Å². The summed E-state index contributed by atoms with van der Waals surface area (Å²) in [5.74, 6) is 0. The van der Waals surface area contributed by atoms with Crippen molar-refractivity contribution in [1.29, 1.82) is 0 Å². The van der Waals surface area contributed by atoms with Crippen LogP contribution in [0.2, 0.25) is 0 Å². The van der Waals surface area contributed by atoms with Crippen LogP contribution < -0.4 is 5.32 Å². The van der Waals surface area contributed by atoms with Crippen LogP contribution in [0.1, 0.15) is 226 Å². The first-order valence-electron chi connectivity index (χ1n) is 24.5. The molecule has 0 bridgehead atoms. The van der Waals surface area contributed by atoms with Crippen LogP contribution in [-0.2, 0) is 28.4 Å². The molecule has 1 N–H and O–H groups in total. The smallest absolute Gasteiger partial charge is 0.407 e. The van der Waals surface area contributed by atoms with Crippen LogP contribution in [-0.4, -0.2) is 84.3 Å². The van der Waals surface area contributed by atoms with Crippen LogP contribution >= 0.6 is 0 Å². The van der Waals surface area contributed by atoms with E-state index >= 15 is 0 Å². The lowest BCUT2D eigenvalue weighted by atomic mass is 10.0. The van der Waals surface area contributed by atoms with E-state index in [1.165, 1.54) is 193 Å². The summed E-state index contributed by atoms with van der Waals surface area (Å²) in [5, 5.41) is 2.81. The zero-order valence-electron chi connectivity index (χ0n) is 37.6. The summed E-state index contributed by atoms with van der Waals surface area (Å²) in [5.41, 5.74) is 0. The summed E-state index contributed by atoms with van der Waals surface area (Å²) in [4.78, 5) is 12.4. The van der Waals surface area contributed by atoms with Gasteiger partial charge in [-0.15, -0.1) is 0 Å². The molecule has 8 nitrogen and oxygen atoms in total. The van der Waals surface area contributed by atoms with Gasteiger partial charge in [0.1, 0.15) is 24.9 Å². The van der Waals surface area contributed by atoms with Gasteiger partial charge in [-0.2, -0.15) is 0 Å². The molecule has 0 aromatic carbocycles. The second-order valence-corrected chi connectivity index (χ2v) is 16.7. The van der Waals surface area contributed by atoms with Gasteiger partial charge in [-0.1, -0.05) is 206 Å². The van der Waals surface area contributed by atoms with Gasteiger partial charge in [0.05, 0.1) is 19.8 Å². The van der Waals surface area contributed by atoms with Crippen LogP contribution in [0.4, 0.5) is 4.79 Å². The highest BCUT2D eigenvalue weighted by atomic mass is 16.6. The van der Waals surface area contributed by atoms with Crippen molar-refractivity contribution >= 4 is 6.09 Å². The lowest BCUT2D eigenvalue weighted by Crippen LogP contribution is -2.39. The number of amides is 1. The zero-order valence-corrected chi connectivity index (χ0v) is 37.6. The summed E-state index contributed by atoms with van der Waals surface area (Å²) in [7, 11) is 1.66. The molecule has 1 fully saturated rings. The minimum absolute atomic E-state index is 0.117. The SMILES string of the molecule is CCCCCCCCCCCCCCCCCCOC1COC(COC(=O)NCCCOCCOC)C1OCCCCCCCCCCCCCCCCCC. The largest absolute Gasteiger partial charge is 0.447 e. The summed E-state index contributed by atoms with van der Waals surface area (Å²) in [6, 6.07) is 0. The van der Waals surface area contributed by atoms with E-state index in [9.17, 15) is 4.79 Å². The Labute approximate surface area is 347 Å². The Morgan fingerprint density at radius 1 is 0.500 bits per heavy atom. The third-order valence-corrected chi connectivity index (χ3v) is 11.4. The number of carbonyl (C=O) groups is 1. The quantitative estimate of drug-likeness (QED) is 0.0614. The fourth-order valence-corrected chi connectivity index (χ4v) is 7.72. The highest BCUT2D eigenvalue weighted by molar-refractivity contribution is 5.67. The lowest BCUT2D eigenvalue weighted by molar-refractivity contribution is -0.0728. The van der Waals surface area contributed by atoms with Crippen molar-refractivity contribution in [3.63, 3.8) is 0 Å². The first-order chi connectivity index (χ1) is 27.7. The molecule has 1 aliphatic heterocycles. The number of hydrogen-bond acceptors (Lipinski definition) is 7. The highest BCUT2D eigenvalue weighted by Crippen LogP contribution is 2.23. The third kappa shape index (κ3) is 35.1. The molecule has 8 heteroatoms. The molecule has 1 amide bonds. The van der Waals surface area contributed by atoms with Crippen molar-refractivity contribution in [3.8, 4) is 0 Å². The average Bonchev–Trinajstić information content (AvgIpc) is 3.59. The van der Waals surface area contributed by atoms with E-state index in [1.807, 2.05) is 0 Å². The van der Waals surface area contributed by atoms with E-state index in [0.29, 0.717) is 39.6 Å². The number of unbranched alkanes of at least 4 members (excludes halogenated alkanes) is 30. The molecule has 1 rings (SSSR count). The second kappa shape index (κ2) is 43.6. The van der Waals surface area contributed by atoms with Crippen LogP contribution in [0.25, 0.3) is 0 Å². The molecule has 56 heavy (non-hydrogen) atoms. The molecule has 3 unspecified atom stereocenters. The number of hydrogen-bond donors (Lipinski definition) is 1. The summed E-state index contributed by atoms with van der Waals surface area (Å²) < 4.78 is 34.9. The standard InChI is InChI=1S/C48H95NO7/c1-4-6-8-10-12-14-16-18-20-22-24-26-28-30-32-34-39-53-45-43-55-46(44-56-48(50)49-37-36-38-52-42-41-51-3)47(45)54-40-35-33-31-29-27-25-23-21-19-17-15-13-11-9-7-5-2/h45-47H,4-44H2,1-3H3,(H,49,50). The lowest BCUT2D eigenvalue weighted by Gasteiger charge is -2.23. The van der Waals surface area contributed by atoms with Gasteiger partial charge in [0.15, 0.2) is 0 Å². The summed E-state index contributed by atoms with van der Waals surface area (Å²) in [6.07, 6.45) is 43.1. The monoisotopic (exact) mass is 798 g/mol. The molecular weight excluding hydrogens is 703 g/mol. The number of nitrogens with one attached hydrogen (secondary N) is 1. The average molecular weight is 798 g/mol. The first kappa shape index (κ1) is 53.1. The Balaban J connectivity index is 2.21. The maximum Gasteiger partial charge on any atom is 0.407 e. The van der Waals surface area contributed by atoms with Gasteiger partial charge in [-0.25, -0.2) is 4.79 Å². The Bertz CT molecular complexity index is 787. The molecule has 0 aromatic heterocycles. The topological polar surface area (TPSA) is 84.5 Å². The Morgan fingerprint density at radius 2 is 0.911 bits per heavy atom. The molecule has 3 atom stereocenters. The molecule has 0 spiro atoms. The van der Waals surface area contributed by atoms with Gasteiger partial charge in [-0.05, 0) is 19.3 Å². The van der Waals surface area contributed by atoms with Gasteiger partial charge < -0.3 is 33.7 Å². The van der Waals surface area contributed by atoms with Crippen molar-refractivity contribution in [2.75, 3.05) is 59.9 Å². The minimum Gasteiger partial charge on any atom is -0.447 e. The molecule has 1 saturated heterocycles. The number of methoxy groups -OCH3 is 1. The van der Waals surface area contributed by atoms with Crippen LogP contribution in [0.5, 0.6) is 0 Å². The van der Waals surface area contributed by atoms with Crippen molar-refractivity contribution in [1.82, 2.24) is 5.32 Å². The van der Waals surface area contributed by atoms with E-state index in [-0.39, 0.29) is 24.9 Å². The van der Waals surface area contributed by atoms with Gasteiger partial charge in [0.2, 0.25) is 0 Å². The fourth-order valence-electron chi connectivity index (χ4n) is 7.72. The molecule has 0 aromatic rings. The Kier molecular flexibility index (Phi) is 41.4. The van der Waals surface area contributed by atoms with Gasteiger partial charge in [0.25, 0.3) is 0 Å². The molecule has 1 aliphatic rings. The molecule has 0 aliphatic carbocycles. The van der Waals surface area contributed by atoms with E-state index < -0.39 is 6.09 Å². The predicted molar refractivity (Wildman–Crippen MR) is 235 cm³/mol. The van der Waals surface area contributed by atoms with E-state index in [1.54, 1.807) is 7.11 Å². The number of alkyl carbamates (subject to hydrolysis) is 1. The van der Waals surface area contributed by atoms with Crippen molar-refractivity contribution < 1.29 is 33.2 Å². The Hall–Kier alpha value is -0.930. The molecule has 0 radical (unpaired) electrons. The number of rotatable bonds is 45. The zero-order chi connectivity index (χ0) is 40.3. The molecule has 1 heterocycles. The predicted octanol–water partition coefficient (Wildman–Crippen LogP) is 13.5. The van der Waals surface area contributed by atoms with Crippen molar-refractivity contribution in [2.45, 2.75) is 244 Å². The maximum atomic E-state index is 12.4. The van der Waals surface area contributed by atoms with E-state index in [4.69, 9.17) is 28.4 Å². The van der Waals surface area contributed by atoms with E-state index in [0.717, 1.165) is 25.9 Å². The van der Waals surface area contributed by atoms with Gasteiger partial charge >= 0.3 is 6.09 Å². The normalized spacial score (nSPS) is 16.9. The van der Waals surface area contributed by atoms with Crippen LogP contribution in [0.3, 0.4) is 0 Å². The summed E-state index contributed by atoms with van der Waals surface area (Å²) in [6.45, 7) is 8.86. The first-order valence-corrected chi connectivity index (χ1v) is 24.5. The van der Waals surface area contributed by atoms with Gasteiger partial charge in [0, 0.05) is 33.5 Å². The maximum absolute atomic E-state index is 12.4. The number of carbonyl (C=O) groups excluding carboxylic acids is 1. The third-order valence-electron chi connectivity index (χ3n) is 11.4. The van der Waals surface area contributed by atoms with Gasteiger partial charge in [-0.3, -0.25) is 0 Å².